The molecule has 1 aliphatic rings. The first kappa shape index (κ1) is 18.3. The Labute approximate surface area is 164 Å². The number of nitrogens with two attached hydrogens (primary N) is 1. The van der Waals surface area contributed by atoms with Gasteiger partial charge in [-0.05, 0) is 66.6 Å². The number of aromatic nitrogens is 1. The van der Waals surface area contributed by atoms with Crippen LogP contribution in [0.3, 0.4) is 0 Å². The van der Waals surface area contributed by atoms with Crippen molar-refractivity contribution in [3.05, 3.63) is 70.4 Å². The fourth-order valence-electron chi connectivity index (χ4n) is 4.06. The highest BCUT2D eigenvalue weighted by atomic mass is 16.2. The van der Waals surface area contributed by atoms with E-state index < -0.39 is 5.91 Å². The number of aromatic amines is 1. The van der Waals surface area contributed by atoms with Crippen LogP contribution in [0.2, 0.25) is 0 Å². The van der Waals surface area contributed by atoms with Gasteiger partial charge >= 0.3 is 0 Å². The first-order valence-electron chi connectivity index (χ1n) is 9.70. The summed E-state index contributed by atoms with van der Waals surface area (Å²) in [4.78, 5) is 29.4. The van der Waals surface area contributed by atoms with Gasteiger partial charge in [-0.15, -0.1) is 0 Å². The number of amides is 2. The number of aryl methyl sites for hydroxylation is 1. The molecule has 1 unspecified atom stereocenters. The molecule has 0 saturated heterocycles. The van der Waals surface area contributed by atoms with E-state index in [0.717, 1.165) is 23.9 Å². The summed E-state index contributed by atoms with van der Waals surface area (Å²) in [6, 6.07) is 13.0. The van der Waals surface area contributed by atoms with Gasteiger partial charge in [-0.3, -0.25) is 9.59 Å². The second-order valence-electron chi connectivity index (χ2n) is 7.91. The van der Waals surface area contributed by atoms with Gasteiger partial charge in [0.2, 0.25) is 5.91 Å². The van der Waals surface area contributed by atoms with Gasteiger partial charge in [-0.25, -0.2) is 0 Å². The monoisotopic (exact) mass is 375 g/mol. The van der Waals surface area contributed by atoms with Crippen LogP contribution in [0.15, 0.2) is 42.5 Å². The molecule has 144 valence electrons. The number of nitrogens with one attached hydrogen (secondary N) is 1. The van der Waals surface area contributed by atoms with Crippen molar-refractivity contribution in [2.24, 2.45) is 11.7 Å². The lowest BCUT2D eigenvalue weighted by atomic mass is 9.87. The smallest absolute Gasteiger partial charge is 0.253 e. The van der Waals surface area contributed by atoms with Crippen LogP contribution in [0.1, 0.15) is 50.9 Å². The molecule has 0 radical (unpaired) electrons. The predicted molar refractivity (Wildman–Crippen MR) is 110 cm³/mol. The van der Waals surface area contributed by atoms with Crippen molar-refractivity contribution in [3.63, 3.8) is 0 Å². The summed E-state index contributed by atoms with van der Waals surface area (Å²) in [6.45, 7) is 2.76. The number of carbonyl (C=O) groups is 2. The van der Waals surface area contributed by atoms with Crippen molar-refractivity contribution in [2.45, 2.75) is 32.7 Å². The molecule has 4 rings (SSSR count). The number of rotatable bonds is 4. The molecule has 0 bridgehead atoms. The molecule has 1 atom stereocenters. The van der Waals surface area contributed by atoms with Gasteiger partial charge in [-0.1, -0.05) is 19.1 Å². The zero-order valence-electron chi connectivity index (χ0n) is 16.3. The Hall–Kier alpha value is -3.08. The largest absolute Gasteiger partial charge is 0.366 e. The summed E-state index contributed by atoms with van der Waals surface area (Å²) in [5.41, 5.74) is 11.2. The Morgan fingerprint density at radius 1 is 1.14 bits per heavy atom. The molecule has 0 saturated carbocycles. The average Bonchev–Trinajstić information content (AvgIpc) is 3.04. The average molecular weight is 375 g/mol. The van der Waals surface area contributed by atoms with E-state index in [4.69, 9.17) is 5.73 Å². The fourth-order valence-corrected chi connectivity index (χ4v) is 4.06. The fraction of sp³-hybridized carbons (Fsp3) is 0.304. The van der Waals surface area contributed by atoms with Gasteiger partial charge < -0.3 is 15.6 Å². The predicted octanol–water partition coefficient (Wildman–Crippen LogP) is 3.66. The molecule has 1 aliphatic carbocycles. The third-order valence-corrected chi connectivity index (χ3v) is 5.69. The maximum atomic E-state index is 13.0. The maximum Gasteiger partial charge on any atom is 0.253 e. The van der Waals surface area contributed by atoms with Gasteiger partial charge in [0.05, 0.1) is 0 Å². The van der Waals surface area contributed by atoms with E-state index in [1.807, 2.05) is 30.3 Å². The second kappa shape index (κ2) is 7.15. The summed E-state index contributed by atoms with van der Waals surface area (Å²) in [7, 11) is 1.79. The van der Waals surface area contributed by atoms with Crippen molar-refractivity contribution in [1.29, 1.82) is 0 Å². The van der Waals surface area contributed by atoms with Crippen molar-refractivity contribution in [2.75, 3.05) is 7.05 Å². The number of benzene rings is 2. The molecule has 0 aliphatic heterocycles. The molecule has 5 heteroatoms. The van der Waals surface area contributed by atoms with Crippen LogP contribution in [-0.2, 0) is 19.4 Å². The van der Waals surface area contributed by atoms with Crippen LogP contribution in [-0.4, -0.2) is 28.7 Å². The number of carbonyl (C=O) groups excluding carboxylic acids is 2. The molecule has 5 nitrogen and oxygen atoms in total. The summed E-state index contributed by atoms with van der Waals surface area (Å²) >= 11 is 0. The van der Waals surface area contributed by atoms with Gasteiger partial charge in [0.1, 0.15) is 0 Å². The molecule has 0 fully saturated rings. The van der Waals surface area contributed by atoms with Crippen LogP contribution in [0.4, 0.5) is 0 Å². The number of fused-ring (bicyclic) bond motifs is 3. The molecule has 2 amide bonds. The van der Waals surface area contributed by atoms with E-state index in [2.05, 4.69) is 11.9 Å². The molecular weight excluding hydrogens is 350 g/mol. The minimum Gasteiger partial charge on any atom is -0.366 e. The summed E-state index contributed by atoms with van der Waals surface area (Å²) < 4.78 is 0. The van der Waals surface area contributed by atoms with Crippen LogP contribution in [0, 0.1) is 5.92 Å². The van der Waals surface area contributed by atoms with Gasteiger partial charge in [0.25, 0.3) is 5.91 Å². The highest BCUT2D eigenvalue weighted by Gasteiger charge is 2.21. The maximum absolute atomic E-state index is 13.0. The molecule has 0 spiro atoms. The van der Waals surface area contributed by atoms with E-state index in [-0.39, 0.29) is 5.91 Å². The van der Waals surface area contributed by atoms with E-state index in [0.29, 0.717) is 23.6 Å². The molecule has 1 aromatic heterocycles. The first-order valence-corrected chi connectivity index (χ1v) is 9.70. The SMILES string of the molecule is CC1CCc2[nH]c3ccc(C(=O)N(C)Cc4ccc(C(N)=O)cc4)cc3c2C1. The number of primary amides is 1. The number of nitrogens with zero attached hydrogens (tertiary/aromatic N) is 1. The van der Waals surface area contributed by atoms with Crippen LogP contribution < -0.4 is 5.73 Å². The third-order valence-electron chi connectivity index (χ3n) is 5.69. The molecule has 1 heterocycles. The zero-order chi connectivity index (χ0) is 19.8. The van der Waals surface area contributed by atoms with Crippen molar-refractivity contribution in [1.82, 2.24) is 9.88 Å². The summed E-state index contributed by atoms with van der Waals surface area (Å²) in [6.07, 6.45) is 3.35. The van der Waals surface area contributed by atoms with Crippen molar-refractivity contribution in [3.8, 4) is 0 Å². The third kappa shape index (κ3) is 3.40. The van der Waals surface area contributed by atoms with E-state index in [9.17, 15) is 9.59 Å². The first-order chi connectivity index (χ1) is 13.4. The second-order valence-corrected chi connectivity index (χ2v) is 7.91. The van der Waals surface area contributed by atoms with Crippen LogP contribution in [0.5, 0.6) is 0 Å². The number of hydrogen-bond acceptors (Lipinski definition) is 2. The zero-order valence-corrected chi connectivity index (χ0v) is 16.3. The quantitative estimate of drug-likeness (QED) is 0.730. The standard InChI is InChI=1S/C23H25N3O2/c1-14-3-9-20-18(11-14)19-12-17(8-10-21(19)25-20)23(28)26(2)13-15-4-6-16(7-5-15)22(24)27/h4-8,10,12,14,25H,3,9,11,13H2,1-2H3,(H2,24,27). The normalized spacial score (nSPS) is 16.0. The Bertz CT molecular complexity index is 1050. The summed E-state index contributed by atoms with van der Waals surface area (Å²) in [5.74, 6) is 0.213. The topological polar surface area (TPSA) is 79.2 Å². The Kier molecular flexibility index (Phi) is 4.67. The lowest BCUT2D eigenvalue weighted by Crippen LogP contribution is -2.26. The van der Waals surface area contributed by atoms with E-state index in [1.54, 1.807) is 24.1 Å². The molecule has 2 aromatic carbocycles. The minimum absolute atomic E-state index is 0.0142. The Balaban J connectivity index is 1.56. The van der Waals surface area contributed by atoms with E-state index >= 15 is 0 Å². The molecule has 3 N–H and O–H groups in total. The minimum atomic E-state index is -0.451. The number of H-pyrrole nitrogens is 1. The van der Waals surface area contributed by atoms with Crippen LogP contribution in [0.25, 0.3) is 10.9 Å². The Morgan fingerprint density at radius 2 is 1.86 bits per heavy atom. The van der Waals surface area contributed by atoms with Crippen molar-refractivity contribution >= 4 is 22.7 Å². The number of hydrogen-bond donors (Lipinski definition) is 2. The van der Waals surface area contributed by atoms with E-state index in [1.165, 1.54) is 23.1 Å². The van der Waals surface area contributed by atoms with Crippen molar-refractivity contribution < 1.29 is 9.59 Å². The molecule has 28 heavy (non-hydrogen) atoms. The van der Waals surface area contributed by atoms with Crippen LogP contribution >= 0.6 is 0 Å². The highest BCUT2D eigenvalue weighted by molar-refractivity contribution is 5.99. The lowest BCUT2D eigenvalue weighted by Gasteiger charge is -2.19. The lowest BCUT2D eigenvalue weighted by molar-refractivity contribution is 0.0785. The van der Waals surface area contributed by atoms with Gasteiger partial charge in [0, 0.05) is 41.3 Å². The molecular formula is C23H25N3O2. The van der Waals surface area contributed by atoms with Gasteiger partial charge in [0.15, 0.2) is 0 Å². The highest BCUT2D eigenvalue weighted by Crippen LogP contribution is 2.32. The summed E-state index contributed by atoms with van der Waals surface area (Å²) in [5, 5.41) is 1.17. The molecule has 3 aromatic rings. The van der Waals surface area contributed by atoms with Gasteiger partial charge in [-0.2, -0.15) is 0 Å². The Morgan fingerprint density at radius 3 is 2.57 bits per heavy atom.